The monoisotopic (exact) mass is 492 g/mol. The first-order valence-electron chi connectivity index (χ1n) is 11.0. The van der Waals surface area contributed by atoms with E-state index in [4.69, 9.17) is 23.8 Å². The number of hydrogen-bond donors (Lipinski definition) is 2. The lowest BCUT2D eigenvalue weighted by molar-refractivity contribution is 0.0746. The van der Waals surface area contributed by atoms with E-state index in [1.807, 2.05) is 72.5 Å². The first kappa shape index (κ1) is 23.7. The second kappa shape index (κ2) is 10.7. The minimum absolute atomic E-state index is 0.0483. The molecule has 0 radical (unpaired) electrons. The second-order valence-corrected chi connectivity index (χ2v) is 8.85. The molecule has 0 saturated carbocycles. The summed E-state index contributed by atoms with van der Waals surface area (Å²) in [6, 6.07) is 22.2. The fourth-order valence-corrected chi connectivity index (χ4v) is 4.43. The zero-order valence-electron chi connectivity index (χ0n) is 18.8. The van der Waals surface area contributed by atoms with Crippen LogP contribution in [0.1, 0.15) is 26.3 Å². The molecule has 1 aliphatic heterocycles. The van der Waals surface area contributed by atoms with Crippen LogP contribution in [0.2, 0.25) is 5.02 Å². The molecule has 0 aromatic heterocycles. The molecule has 2 amide bonds. The van der Waals surface area contributed by atoms with Crippen LogP contribution in [0.3, 0.4) is 0 Å². The number of halogens is 1. The highest BCUT2D eigenvalue weighted by molar-refractivity contribution is 7.80. The van der Waals surface area contributed by atoms with E-state index >= 15 is 0 Å². The van der Waals surface area contributed by atoms with E-state index in [1.54, 1.807) is 12.1 Å². The summed E-state index contributed by atoms with van der Waals surface area (Å²) in [6.45, 7) is 4.51. The van der Waals surface area contributed by atoms with Gasteiger partial charge in [0.2, 0.25) is 0 Å². The van der Waals surface area contributed by atoms with Crippen molar-refractivity contribution in [1.82, 2.24) is 10.2 Å². The van der Waals surface area contributed by atoms with Gasteiger partial charge in [-0.15, -0.1) is 0 Å². The maximum Gasteiger partial charge on any atom is 0.257 e. The summed E-state index contributed by atoms with van der Waals surface area (Å²) in [5.41, 5.74) is 3.73. The van der Waals surface area contributed by atoms with Crippen molar-refractivity contribution in [3.8, 4) is 0 Å². The van der Waals surface area contributed by atoms with Crippen molar-refractivity contribution >= 4 is 52.1 Å². The summed E-state index contributed by atoms with van der Waals surface area (Å²) in [6.07, 6.45) is 0. The number of benzene rings is 3. The van der Waals surface area contributed by atoms with Crippen LogP contribution in [0.25, 0.3) is 0 Å². The van der Waals surface area contributed by atoms with Crippen molar-refractivity contribution in [1.29, 1.82) is 0 Å². The van der Waals surface area contributed by atoms with E-state index in [9.17, 15) is 9.59 Å². The average molecular weight is 493 g/mol. The Kier molecular flexibility index (Phi) is 7.45. The fourth-order valence-electron chi connectivity index (χ4n) is 3.92. The maximum absolute atomic E-state index is 12.7. The van der Waals surface area contributed by atoms with Gasteiger partial charge in [-0.1, -0.05) is 48.0 Å². The molecule has 6 nitrogen and oxygen atoms in total. The number of thiocarbonyl (C=S) groups is 1. The predicted molar refractivity (Wildman–Crippen MR) is 141 cm³/mol. The first-order chi connectivity index (χ1) is 16.4. The summed E-state index contributed by atoms with van der Waals surface area (Å²) in [5, 5.41) is 6.49. The Morgan fingerprint density at radius 2 is 1.59 bits per heavy atom. The summed E-state index contributed by atoms with van der Waals surface area (Å²) < 4.78 is 0. The zero-order chi connectivity index (χ0) is 24.1. The Hall–Kier alpha value is -3.42. The Bertz CT molecular complexity index is 1210. The molecule has 1 aliphatic rings. The van der Waals surface area contributed by atoms with Crippen molar-refractivity contribution in [3.63, 3.8) is 0 Å². The Morgan fingerprint density at radius 1 is 0.912 bits per heavy atom. The van der Waals surface area contributed by atoms with Gasteiger partial charge in [0.1, 0.15) is 0 Å². The van der Waals surface area contributed by atoms with Crippen LogP contribution in [0, 0.1) is 6.92 Å². The third-order valence-corrected chi connectivity index (χ3v) is 6.26. The highest BCUT2D eigenvalue weighted by atomic mass is 35.5. The SMILES string of the molecule is Cc1ccccc1C(=O)NC(=S)Nc1ccc(N2CCN(C(=O)c3ccccc3)CC2)c(Cl)c1. The quantitative estimate of drug-likeness (QED) is 0.515. The molecule has 1 heterocycles. The summed E-state index contributed by atoms with van der Waals surface area (Å²) in [7, 11) is 0. The van der Waals surface area contributed by atoms with Gasteiger partial charge in [0.25, 0.3) is 11.8 Å². The van der Waals surface area contributed by atoms with Crippen molar-refractivity contribution in [2.24, 2.45) is 0 Å². The fraction of sp³-hybridized carbons (Fsp3) is 0.192. The van der Waals surface area contributed by atoms with E-state index < -0.39 is 0 Å². The summed E-state index contributed by atoms with van der Waals surface area (Å²) >= 11 is 11.9. The molecule has 3 aromatic carbocycles. The number of nitrogens with one attached hydrogen (secondary N) is 2. The highest BCUT2D eigenvalue weighted by Gasteiger charge is 2.23. The van der Waals surface area contributed by atoms with Crippen LogP contribution in [0.5, 0.6) is 0 Å². The molecule has 0 atom stereocenters. The number of piperazine rings is 1. The topological polar surface area (TPSA) is 64.7 Å². The molecule has 8 heteroatoms. The maximum atomic E-state index is 12.7. The van der Waals surface area contributed by atoms with Crippen molar-refractivity contribution in [2.75, 3.05) is 36.4 Å². The molecule has 4 rings (SSSR count). The van der Waals surface area contributed by atoms with Crippen molar-refractivity contribution < 1.29 is 9.59 Å². The molecule has 2 N–H and O–H groups in total. The van der Waals surface area contributed by atoms with Crippen molar-refractivity contribution in [3.05, 3.63) is 94.5 Å². The molecule has 174 valence electrons. The molecule has 1 saturated heterocycles. The lowest BCUT2D eigenvalue weighted by Gasteiger charge is -2.36. The molecule has 0 aliphatic carbocycles. The van der Waals surface area contributed by atoms with E-state index in [1.165, 1.54) is 0 Å². The summed E-state index contributed by atoms with van der Waals surface area (Å²) in [4.78, 5) is 29.2. The molecule has 34 heavy (non-hydrogen) atoms. The van der Waals surface area contributed by atoms with E-state index in [0.29, 0.717) is 48.0 Å². The van der Waals surface area contributed by atoms with Gasteiger partial charge in [0, 0.05) is 43.0 Å². The normalized spacial score (nSPS) is 13.4. The van der Waals surface area contributed by atoms with E-state index in [0.717, 1.165) is 11.3 Å². The van der Waals surface area contributed by atoms with Gasteiger partial charge >= 0.3 is 0 Å². The standard InChI is InChI=1S/C26H25ClN4O2S/c1-18-7-5-6-10-21(18)24(32)29-26(34)28-20-11-12-23(22(27)17-20)30-13-15-31(16-14-30)25(33)19-8-3-2-4-9-19/h2-12,17H,13-16H2,1H3,(H2,28,29,32,34). The lowest BCUT2D eigenvalue weighted by Crippen LogP contribution is -2.48. The number of aryl methyl sites for hydroxylation is 1. The van der Waals surface area contributed by atoms with Crippen LogP contribution in [-0.4, -0.2) is 48.0 Å². The molecular formula is C26H25ClN4O2S. The number of rotatable bonds is 4. The molecule has 0 spiro atoms. The zero-order valence-corrected chi connectivity index (χ0v) is 20.3. The molecular weight excluding hydrogens is 468 g/mol. The molecule has 3 aromatic rings. The number of nitrogens with zero attached hydrogens (tertiary/aromatic N) is 2. The van der Waals surface area contributed by atoms with Crippen LogP contribution >= 0.6 is 23.8 Å². The smallest absolute Gasteiger partial charge is 0.257 e. The Morgan fingerprint density at radius 3 is 2.26 bits per heavy atom. The van der Waals surface area contributed by atoms with Crippen LogP contribution in [0.15, 0.2) is 72.8 Å². The lowest BCUT2D eigenvalue weighted by atomic mass is 10.1. The average Bonchev–Trinajstić information content (AvgIpc) is 2.84. The highest BCUT2D eigenvalue weighted by Crippen LogP contribution is 2.30. The van der Waals surface area contributed by atoms with Crippen LogP contribution < -0.4 is 15.5 Å². The number of anilines is 2. The molecule has 0 bridgehead atoms. The largest absolute Gasteiger partial charge is 0.367 e. The van der Waals surface area contributed by atoms with E-state index in [-0.39, 0.29) is 16.9 Å². The van der Waals surface area contributed by atoms with Gasteiger partial charge in [0.05, 0.1) is 10.7 Å². The van der Waals surface area contributed by atoms with Crippen molar-refractivity contribution in [2.45, 2.75) is 6.92 Å². The van der Waals surface area contributed by atoms with Gasteiger partial charge < -0.3 is 15.1 Å². The number of hydrogen-bond acceptors (Lipinski definition) is 4. The van der Waals surface area contributed by atoms with Gasteiger partial charge in [0.15, 0.2) is 5.11 Å². The Labute approximate surface area is 209 Å². The number of carbonyl (C=O) groups excluding carboxylic acids is 2. The first-order valence-corrected chi connectivity index (χ1v) is 11.8. The minimum atomic E-state index is -0.263. The van der Waals surface area contributed by atoms with Crippen LogP contribution in [0.4, 0.5) is 11.4 Å². The molecule has 1 fully saturated rings. The van der Waals surface area contributed by atoms with Crippen LogP contribution in [-0.2, 0) is 0 Å². The predicted octanol–water partition coefficient (Wildman–Crippen LogP) is 4.74. The Balaban J connectivity index is 1.33. The molecule has 0 unspecified atom stereocenters. The van der Waals surface area contributed by atoms with Gasteiger partial charge in [-0.2, -0.15) is 0 Å². The number of amides is 2. The minimum Gasteiger partial charge on any atom is -0.367 e. The van der Waals surface area contributed by atoms with E-state index in [2.05, 4.69) is 15.5 Å². The summed E-state index contributed by atoms with van der Waals surface area (Å²) in [5.74, 6) is -0.214. The van der Waals surface area contributed by atoms with Gasteiger partial charge in [-0.25, -0.2) is 0 Å². The third kappa shape index (κ3) is 5.55. The van der Waals surface area contributed by atoms with Gasteiger partial charge in [-0.3, -0.25) is 14.9 Å². The third-order valence-electron chi connectivity index (χ3n) is 5.75. The second-order valence-electron chi connectivity index (χ2n) is 8.03. The van der Waals surface area contributed by atoms with Gasteiger partial charge in [-0.05, 0) is 61.1 Å². The number of carbonyl (C=O) groups is 2.